The van der Waals surface area contributed by atoms with Crippen molar-refractivity contribution in [2.75, 3.05) is 31.7 Å². The lowest BCUT2D eigenvalue weighted by atomic mass is 10.1. The van der Waals surface area contributed by atoms with Gasteiger partial charge in [-0.1, -0.05) is 29.8 Å². The minimum Gasteiger partial charge on any atom is -0.379 e. The molecule has 9 nitrogen and oxygen atoms in total. The van der Waals surface area contributed by atoms with Gasteiger partial charge >= 0.3 is 0 Å². The van der Waals surface area contributed by atoms with Crippen molar-refractivity contribution < 1.29 is 18.1 Å². The molecule has 0 aliphatic carbocycles. The molecule has 1 aliphatic heterocycles. The van der Waals surface area contributed by atoms with Crippen LogP contribution in [0.2, 0.25) is 0 Å². The summed E-state index contributed by atoms with van der Waals surface area (Å²) in [6, 6.07) is 11.4. The molecule has 154 valence electrons. The molecule has 1 saturated heterocycles. The van der Waals surface area contributed by atoms with Crippen LogP contribution in [0.1, 0.15) is 18.1 Å². The summed E-state index contributed by atoms with van der Waals surface area (Å²) in [5.41, 5.74) is 5.28. The highest BCUT2D eigenvalue weighted by atomic mass is 32.2. The van der Waals surface area contributed by atoms with Gasteiger partial charge in [-0.2, -0.15) is 9.41 Å². The Morgan fingerprint density at radius 3 is 2.45 bits per heavy atom. The van der Waals surface area contributed by atoms with Crippen molar-refractivity contribution in [1.82, 2.24) is 4.31 Å². The number of nitro groups is 1. The highest BCUT2D eigenvalue weighted by Gasteiger charge is 2.30. The fraction of sp³-hybridized carbons (Fsp3) is 0.316. The number of benzene rings is 2. The Hall–Kier alpha value is -2.82. The van der Waals surface area contributed by atoms with Gasteiger partial charge in [-0.05, 0) is 25.5 Å². The lowest BCUT2D eigenvalue weighted by Gasteiger charge is -2.26. The van der Waals surface area contributed by atoms with Crippen LogP contribution >= 0.6 is 0 Å². The minimum absolute atomic E-state index is 0.175. The number of morpholine rings is 1. The molecule has 0 unspecified atom stereocenters. The predicted molar refractivity (Wildman–Crippen MR) is 110 cm³/mol. The van der Waals surface area contributed by atoms with Gasteiger partial charge in [-0.3, -0.25) is 15.5 Å². The number of nitrogens with zero attached hydrogens (tertiary/aromatic N) is 3. The molecule has 2 aromatic carbocycles. The molecule has 0 radical (unpaired) electrons. The molecule has 0 amide bonds. The zero-order chi connectivity index (χ0) is 21.0. The van der Waals surface area contributed by atoms with E-state index in [-0.39, 0.29) is 42.6 Å². The number of rotatable bonds is 6. The van der Waals surface area contributed by atoms with Gasteiger partial charge in [0.05, 0.1) is 29.5 Å². The summed E-state index contributed by atoms with van der Waals surface area (Å²) in [5.74, 6) is 0. The Labute approximate surface area is 169 Å². The monoisotopic (exact) mass is 418 g/mol. The second-order valence-corrected chi connectivity index (χ2v) is 8.54. The summed E-state index contributed by atoms with van der Waals surface area (Å²) in [6.07, 6.45) is 0. The lowest BCUT2D eigenvalue weighted by molar-refractivity contribution is -0.385. The van der Waals surface area contributed by atoms with Crippen molar-refractivity contribution in [3.63, 3.8) is 0 Å². The number of hydrazone groups is 1. The van der Waals surface area contributed by atoms with Crippen LogP contribution in [0.4, 0.5) is 11.4 Å². The maximum atomic E-state index is 13.1. The first-order valence-corrected chi connectivity index (χ1v) is 10.5. The van der Waals surface area contributed by atoms with E-state index in [0.717, 1.165) is 17.2 Å². The number of nitro benzene ring substituents is 1. The third-order valence-electron chi connectivity index (χ3n) is 4.58. The fourth-order valence-electron chi connectivity index (χ4n) is 2.86. The second kappa shape index (κ2) is 8.68. The van der Waals surface area contributed by atoms with Crippen LogP contribution in [0, 0.1) is 17.0 Å². The molecule has 10 heteroatoms. The zero-order valence-electron chi connectivity index (χ0n) is 16.2. The van der Waals surface area contributed by atoms with E-state index in [9.17, 15) is 18.5 Å². The normalized spacial score (nSPS) is 15.9. The molecule has 2 aromatic rings. The number of ether oxygens (including phenoxy) is 1. The zero-order valence-corrected chi connectivity index (χ0v) is 17.0. The number of hydrogen-bond donors (Lipinski definition) is 1. The number of anilines is 1. The van der Waals surface area contributed by atoms with Gasteiger partial charge in [0, 0.05) is 25.2 Å². The van der Waals surface area contributed by atoms with Gasteiger partial charge in [0.1, 0.15) is 4.90 Å². The number of hydrogen-bond acceptors (Lipinski definition) is 7. The highest BCUT2D eigenvalue weighted by molar-refractivity contribution is 7.89. The van der Waals surface area contributed by atoms with E-state index >= 15 is 0 Å². The van der Waals surface area contributed by atoms with Crippen molar-refractivity contribution in [2.45, 2.75) is 18.7 Å². The topological polar surface area (TPSA) is 114 Å². The first-order chi connectivity index (χ1) is 13.8. The third kappa shape index (κ3) is 4.78. The lowest BCUT2D eigenvalue weighted by Crippen LogP contribution is -2.40. The first-order valence-electron chi connectivity index (χ1n) is 9.03. The molecule has 1 N–H and O–H groups in total. The molecule has 1 aliphatic rings. The number of sulfonamides is 1. The smallest absolute Gasteiger partial charge is 0.270 e. The van der Waals surface area contributed by atoms with Crippen LogP contribution in [0.25, 0.3) is 0 Å². The molecule has 1 fully saturated rings. The van der Waals surface area contributed by atoms with Crippen molar-refractivity contribution in [1.29, 1.82) is 0 Å². The maximum absolute atomic E-state index is 13.1. The quantitative estimate of drug-likeness (QED) is 0.438. The first kappa shape index (κ1) is 20.9. The van der Waals surface area contributed by atoms with Crippen LogP contribution in [0.3, 0.4) is 0 Å². The van der Waals surface area contributed by atoms with Crippen LogP contribution in [-0.4, -0.2) is 49.7 Å². The van der Waals surface area contributed by atoms with E-state index in [1.807, 2.05) is 31.2 Å². The Morgan fingerprint density at radius 1 is 1.17 bits per heavy atom. The second-order valence-electron chi connectivity index (χ2n) is 6.63. The Kier molecular flexibility index (Phi) is 6.26. The average Bonchev–Trinajstić information content (AvgIpc) is 2.73. The van der Waals surface area contributed by atoms with Gasteiger partial charge in [0.25, 0.3) is 5.69 Å². The molecule has 0 spiro atoms. The molecule has 29 heavy (non-hydrogen) atoms. The maximum Gasteiger partial charge on any atom is 0.270 e. The number of aryl methyl sites for hydroxylation is 1. The van der Waals surface area contributed by atoms with Crippen LogP contribution in [0.5, 0.6) is 0 Å². The molecule has 0 bridgehead atoms. The summed E-state index contributed by atoms with van der Waals surface area (Å²) in [7, 11) is -3.95. The average molecular weight is 418 g/mol. The van der Waals surface area contributed by atoms with E-state index in [1.54, 1.807) is 6.92 Å². The molecule has 0 saturated carbocycles. The van der Waals surface area contributed by atoms with Gasteiger partial charge in [0.15, 0.2) is 0 Å². The van der Waals surface area contributed by atoms with Crippen LogP contribution in [0.15, 0.2) is 52.5 Å². The standard InChI is InChI=1S/C19H22N4O5S/c1-14-3-5-16(6-4-14)15(2)20-21-18-8-7-17(23(24)25)13-19(18)29(26,27)22-9-11-28-12-10-22/h3-8,13,21H,9-12H2,1-2H3/b20-15+. The molecule has 1 heterocycles. The van der Waals surface area contributed by atoms with Crippen molar-refractivity contribution in [2.24, 2.45) is 5.10 Å². The van der Waals surface area contributed by atoms with Crippen LogP contribution < -0.4 is 5.43 Å². The summed E-state index contributed by atoms with van der Waals surface area (Å²) >= 11 is 0. The van der Waals surface area contributed by atoms with Crippen LogP contribution in [-0.2, 0) is 14.8 Å². The Bertz CT molecular complexity index is 1030. The van der Waals surface area contributed by atoms with Gasteiger partial charge in [-0.15, -0.1) is 0 Å². The van der Waals surface area contributed by atoms with E-state index in [4.69, 9.17) is 4.74 Å². The van der Waals surface area contributed by atoms with E-state index in [2.05, 4.69) is 10.5 Å². The SMILES string of the molecule is C/C(=N\Nc1ccc([N+](=O)[O-])cc1S(=O)(=O)N1CCOCC1)c1ccc(C)cc1. The van der Waals surface area contributed by atoms with Crippen molar-refractivity contribution in [3.8, 4) is 0 Å². The van der Waals surface area contributed by atoms with E-state index in [0.29, 0.717) is 5.71 Å². The van der Waals surface area contributed by atoms with Crippen molar-refractivity contribution >= 4 is 27.1 Å². The Balaban J connectivity index is 1.96. The molecular weight excluding hydrogens is 396 g/mol. The minimum atomic E-state index is -3.95. The molecule has 0 aromatic heterocycles. The Morgan fingerprint density at radius 2 is 1.83 bits per heavy atom. The summed E-state index contributed by atoms with van der Waals surface area (Å²) < 4.78 is 32.7. The molecule has 0 atom stereocenters. The predicted octanol–water partition coefficient (Wildman–Crippen LogP) is 2.76. The third-order valence-corrected chi connectivity index (χ3v) is 6.52. The van der Waals surface area contributed by atoms with Crippen molar-refractivity contribution in [3.05, 3.63) is 63.7 Å². The van der Waals surface area contributed by atoms with Gasteiger partial charge in [0.2, 0.25) is 10.0 Å². The summed E-state index contributed by atoms with van der Waals surface area (Å²) in [4.78, 5) is 10.4. The molecular formula is C19H22N4O5S. The van der Waals surface area contributed by atoms with E-state index < -0.39 is 14.9 Å². The van der Waals surface area contributed by atoms with Gasteiger partial charge < -0.3 is 4.74 Å². The molecule has 3 rings (SSSR count). The van der Waals surface area contributed by atoms with Gasteiger partial charge in [-0.25, -0.2) is 8.42 Å². The number of non-ortho nitro benzene ring substituents is 1. The summed E-state index contributed by atoms with van der Waals surface area (Å²) in [5, 5.41) is 15.5. The summed E-state index contributed by atoms with van der Waals surface area (Å²) in [6.45, 7) is 4.71. The largest absolute Gasteiger partial charge is 0.379 e. The van der Waals surface area contributed by atoms with E-state index in [1.165, 1.54) is 16.4 Å². The number of nitrogens with one attached hydrogen (secondary N) is 1. The highest BCUT2D eigenvalue weighted by Crippen LogP contribution is 2.29. The fourth-order valence-corrected chi connectivity index (χ4v) is 4.43.